The van der Waals surface area contributed by atoms with Crippen LogP contribution in [0.3, 0.4) is 0 Å². The van der Waals surface area contributed by atoms with Gasteiger partial charge >= 0.3 is 0 Å². The summed E-state index contributed by atoms with van der Waals surface area (Å²) < 4.78 is 5.81. The monoisotopic (exact) mass is 566 g/mol. The van der Waals surface area contributed by atoms with E-state index in [9.17, 15) is 14.4 Å². The number of rotatable bonds is 9. The summed E-state index contributed by atoms with van der Waals surface area (Å²) in [5.74, 6) is 0.396. The normalized spacial score (nSPS) is 14.2. The molecule has 41 heavy (non-hydrogen) atoms. The van der Waals surface area contributed by atoms with Crippen molar-refractivity contribution in [2.75, 3.05) is 13.1 Å². The Balaban J connectivity index is 1.12. The molecule has 0 radical (unpaired) electrons. The number of likely N-dealkylation sites (tertiary alicyclic amines) is 1. The number of benzene rings is 4. The lowest BCUT2D eigenvalue weighted by Gasteiger charge is -2.38. The lowest BCUT2D eigenvalue weighted by atomic mass is 9.88. The zero-order valence-electron chi connectivity index (χ0n) is 22.6. The van der Waals surface area contributed by atoms with Crippen LogP contribution in [0.25, 0.3) is 11.1 Å². The highest BCUT2D eigenvalue weighted by molar-refractivity contribution is 6.30. The first-order valence-corrected chi connectivity index (χ1v) is 14.0. The van der Waals surface area contributed by atoms with Crippen LogP contribution in [0, 0.1) is 0 Å². The smallest absolute Gasteiger partial charge is 0.253 e. The molecule has 0 aliphatic carbocycles. The largest absolute Gasteiger partial charge is 0.489 e. The van der Waals surface area contributed by atoms with E-state index >= 15 is 0 Å². The van der Waals surface area contributed by atoms with Gasteiger partial charge in [-0.15, -0.1) is 0 Å². The highest BCUT2D eigenvalue weighted by Crippen LogP contribution is 2.25. The molecule has 4 aromatic rings. The summed E-state index contributed by atoms with van der Waals surface area (Å²) in [6.07, 6.45) is 1.69. The minimum Gasteiger partial charge on any atom is -0.489 e. The summed E-state index contributed by atoms with van der Waals surface area (Å²) in [5, 5.41) is 3.59. The molecule has 2 amide bonds. The van der Waals surface area contributed by atoms with Gasteiger partial charge in [0.1, 0.15) is 18.6 Å². The van der Waals surface area contributed by atoms with E-state index in [4.69, 9.17) is 16.3 Å². The number of amides is 2. The molecule has 7 heteroatoms. The molecule has 208 valence electrons. The standard InChI is InChI=1S/C34H31ClN2O4/c35-30-8-4-7-29(22-30)27-11-13-28(14-12-27)33(40)37-19-17-34(24-38,18-20-37)36-32(39)21-25-9-15-31(16-10-25)41-23-26-5-2-1-3-6-26/h1-16,22,24H,17-21,23H2,(H,36,39). The Morgan fingerprint density at radius 1 is 0.829 bits per heavy atom. The number of hydrogen-bond donors (Lipinski definition) is 1. The van der Waals surface area contributed by atoms with Crippen molar-refractivity contribution in [3.8, 4) is 16.9 Å². The molecule has 0 atom stereocenters. The van der Waals surface area contributed by atoms with Crippen molar-refractivity contribution >= 4 is 29.7 Å². The molecule has 4 aromatic carbocycles. The summed E-state index contributed by atoms with van der Waals surface area (Å²) in [5.41, 5.74) is 3.45. The number of hydrogen-bond acceptors (Lipinski definition) is 4. The molecule has 0 saturated carbocycles. The fourth-order valence-corrected chi connectivity index (χ4v) is 5.18. The molecule has 1 N–H and O–H groups in total. The Morgan fingerprint density at radius 3 is 2.20 bits per heavy atom. The van der Waals surface area contributed by atoms with E-state index in [0.717, 1.165) is 34.3 Å². The molecule has 0 bridgehead atoms. The van der Waals surface area contributed by atoms with Crippen LogP contribution in [-0.2, 0) is 22.6 Å². The van der Waals surface area contributed by atoms with Crippen molar-refractivity contribution in [3.05, 3.63) is 125 Å². The van der Waals surface area contributed by atoms with Gasteiger partial charge in [-0.05, 0) is 71.5 Å². The van der Waals surface area contributed by atoms with Gasteiger partial charge in [0, 0.05) is 23.7 Å². The van der Waals surface area contributed by atoms with Gasteiger partial charge in [-0.25, -0.2) is 0 Å². The molecule has 1 aliphatic heterocycles. The van der Waals surface area contributed by atoms with E-state index in [-0.39, 0.29) is 18.2 Å². The van der Waals surface area contributed by atoms with Crippen LogP contribution < -0.4 is 10.1 Å². The number of carbonyl (C=O) groups excluding carboxylic acids is 3. The van der Waals surface area contributed by atoms with E-state index in [1.165, 1.54) is 0 Å². The predicted molar refractivity (Wildman–Crippen MR) is 160 cm³/mol. The summed E-state index contributed by atoms with van der Waals surface area (Å²) in [7, 11) is 0. The first-order chi connectivity index (χ1) is 19.9. The maximum absolute atomic E-state index is 13.1. The van der Waals surface area contributed by atoms with E-state index in [1.807, 2.05) is 91.0 Å². The second kappa shape index (κ2) is 12.8. The molecule has 6 nitrogen and oxygen atoms in total. The third kappa shape index (κ3) is 7.21. The van der Waals surface area contributed by atoms with Crippen molar-refractivity contribution < 1.29 is 19.1 Å². The minimum absolute atomic E-state index is 0.0944. The fraction of sp³-hybridized carbons (Fsp3) is 0.206. The number of aldehydes is 1. The Morgan fingerprint density at radius 2 is 1.54 bits per heavy atom. The van der Waals surface area contributed by atoms with Gasteiger partial charge in [0.25, 0.3) is 5.91 Å². The van der Waals surface area contributed by atoms with Crippen molar-refractivity contribution in [2.24, 2.45) is 0 Å². The lowest BCUT2D eigenvalue weighted by Crippen LogP contribution is -2.57. The fourth-order valence-electron chi connectivity index (χ4n) is 4.99. The van der Waals surface area contributed by atoms with E-state index in [2.05, 4.69) is 5.32 Å². The van der Waals surface area contributed by atoms with Crippen LogP contribution in [0.4, 0.5) is 0 Å². The molecule has 5 rings (SSSR count). The van der Waals surface area contributed by atoms with Crippen LogP contribution >= 0.6 is 11.6 Å². The first-order valence-electron chi connectivity index (χ1n) is 13.6. The number of nitrogens with zero attached hydrogens (tertiary/aromatic N) is 1. The molecule has 1 saturated heterocycles. The molecule has 1 heterocycles. The second-order valence-corrected chi connectivity index (χ2v) is 10.7. The predicted octanol–water partition coefficient (Wildman–Crippen LogP) is 6.12. The maximum Gasteiger partial charge on any atom is 0.253 e. The summed E-state index contributed by atoms with van der Waals surface area (Å²) in [4.78, 5) is 39.8. The van der Waals surface area contributed by atoms with Crippen molar-refractivity contribution in [1.82, 2.24) is 10.2 Å². The molecule has 0 unspecified atom stereocenters. The zero-order chi connectivity index (χ0) is 28.7. The average molecular weight is 567 g/mol. The first kappa shape index (κ1) is 28.1. The molecule has 0 aromatic heterocycles. The number of carbonyl (C=O) groups is 3. The van der Waals surface area contributed by atoms with Crippen molar-refractivity contribution in [1.29, 1.82) is 0 Å². The second-order valence-electron chi connectivity index (χ2n) is 10.3. The molecular weight excluding hydrogens is 536 g/mol. The highest BCUT2D eigenvalue weighted by Gasteiger charge is 2.37. The third-order valence-corrected chi connectivity index (χ3v) is 7.62. The molecule has 1 aliphatic rings. The van der Waals surface area contributed by atoms with Crippen LogP contribution in [0.2, 0.25) is 5.02 Å². The lowest BCUT2D eigenvalue weighted by molar-refractivity contribution is -0.127. The Hall–Kier alpha value is -4.42. The number of piperidine rings is 1. The highest BCUT2D eigenvalue weighted by atomic mass is 35.5. The summed E-state index contributed by atoms with van der Waals surface area (Å²) >= 11 is 6.10. The SMILES string of the molecule is O=CC1(NC(=O)Cc2ccc(OCc3ccccc3)cc2)CCN(C(=O)c2ccc(-c3cccc(Cl)c3)cc2)CC1. The van der Waals surface area contributed by atoms with Crippen LogP contribution in [0.15, 0.2) is 103 Å². The van der Waals surface area contributed by atoms with Crippen LogP contribution in [0.1, 0.15) is 34.3 Å². The van der Waals surface area contributed by atoms with Crippen molar-refractivity contribution in [3.63, 3.8) is 0 Å². The van der Waals surface area contributed by atoms with Gasteiger partial charge in [0.15, 0.2) is 0 Å². The Bertz CT molecular complexity index is 1500. The van der Waals surface area contributed by atoms with Crippen LogP contribution in [-0.4, -0.2) is 41.6 Å². The van der Waals surface area contributed by atoms with Gasteiger partial charge in [0.2, 0.25) is 5.91 Å². The van der Waals surface area contributed by atoms with Gasteiger partial charge in [0.05, 0.1) is 12.0 Å². The van der Waals surface area contributed by atoms with E-state index in [0.29, 0.717) is 43.1 Å². The van der Waals surface area contributed by atoms with Gasteiger partial charge < -0.3 is 19.7 Å². The number of nitrogens with one attached hydrogen (secondary N) is 1. The number of halogens is 1. The quantitative estimate of drug-likeness (QED) is 0.248. The molecule has 1 fully saturated rings. The Labute approximate surface area is 244 Å². The number of ether oxygens (including phenoxy) is 1. The molecular formula is C34H31ClN2O4. The van der Waals surface area contributed by atoms with Gasteiger partial charge in [-0.3, -0.25) is 9.59 Å². The topological polar surface area (TPSA) is 75.7 Å². The third-order valence-electron chi connectivity index (χ3n) is 7.38. The average Bonchev–Trinajstić information content (AvgIpc) is 3.01. The van der Waals surface area contributed by atoms with E-state index < -0.39 is 5.54 Å². The van der Waals surface area contributed by atoms with E-state index in [1.54, 1.807) is 17.0 Å². The molecule has 0 spiro atoms. The van der Waals surface area contributed by atoms with Crippen molar-refractivity contribution in [2.45, 2.75) is 31.4 Å². The minimum atomic E-state index is -0.983. The van der Waals surface area contributed by atoms with Gasteiger partial charge in [-0.1, -0.05) is 78.3 Å². The van der Waals surface area contributed by atoms with Gasteiger partial charge in [-0.2, -0.15) is 0 Å². The Kier molecular flexibility index (Phi) is 8.80. The summed E-state index contributed by atoms with van der Waals surface area (Å²) in [6.45, 7) is 1.22. The maximum atomic E-state index is 13.1. The van der Waals surface area contributed by atoms with Crippen LogP contribution in [0.5, 0.6) is 5.75 Å². The zero-order valence-corrected chi connectivity index (χ0v) is 23.3. The summed E-state index contributed by atoms with van der Waals surface area (Å²) in [6, 6.07) is 32.3.